The van der Waals surface area contributed by atoms with Gasteiger partial charge in [-0.1, -0.05) is 0 Å². The Bertz CT molecular complexity index is 1180. The number of hydrogen-bond acceptors (Lipinski definition) is 7. The maximum absolute atomic E-state index is 13.8. The van der Waals surface area contributed by atoms with Gasteiger partial charge in [0, 0.05) is 53.7 Å². The first-order valence-electron chi connectivity index (χ1n) is 8.01. The van der Waals surface area contributed by atoms with Crippen molar-refractivity contribution in [3.63, 3.8) is 0 Å². The van der Waals surface area contributed by atoms with Crippen LogP contribution in [0.3, 0.4) is 0 Å². The molecule has 8 nitrogen and oxygen atoms in total. The third-order valence-corrected chi connectivity index (χ3v) is 5.79. The lowest BCUT2D eigenvalue weighted by molar-refractivity contribution is 0.552. The van der Waals surface area contributed by atoms with E-state index in [1.165, 1.54) is 12.5 Å². The summed E-state index contributed by atoms with van der Waals surface area (Å²) in [5.41, 5.74) is 0.232. The van der Waals surface area contributed by atoms with E-state index in [9.17, 15) is 21.8 Å². The van der Waals surface area contributed by atoms with Gasteiger partial charge in [-0.25, -0.2) is 17.2 Å². The number of hydrogen-bond donors (Lipinski definition) is 1. The minimum atomic E-state index is -4.20. The molecule has 1 unspecified atom stereocenters. The first-order valence-corrected chi connectivity index (χ1v) is 11.1. The number of benzene rings is 1. The third-order valence-electron chi connectivity index (χ3n) is 3.64. The second kappa shape index (κ2) is 8.27. The van der Waals surface area contributed by atoms with Gasteiger partial charge in [-0.05, 0) is 18.2 Å². The fourth-order valence-electron chi connectivity index (χ4n) is 2.28. The van der Waals surface area contributed by atoms with Gasteiger partial charge >= 0.3 is 5.16 Å². The Morgan fingerprint density at radius 3 is 2.66 bits per heavy atom. The normalized spacial score (nSPS) is 13.0. The molecule has 12 heteroatoms. The molecule has 1 N–H and O–H groups in total. The van der Waals surface area contributed by atoms with Crippen molar-refractivity contribution in [2.75, 3.05) is 11.6 Å². The van der Waals surface area contributed by atoms with Gasteiger partial charge in [-0.3, -0.25) is 4.68 Å². The van der Waals surface area contributed by atoms with E-state index < -0.39 is 37.5 Å². The molecule has 0 aliphatic rings. The molecule has 152 valence electrons. The predicted molar refractivity (Wildman–Crippen MR) is 103 cm³/mol. The summed E-state index contributed by atoms with van der Waals surface area (Å²) in [5.74, 6) is -1.51. The Morgan fingerprint density at radius 1 is 1.28 bits per heavy atom. The fraction of sp³-hybridized carbons (Fsp3) is 0.118. The summed E-state index contributed by atoms with van der Waals surface area (Å²) in [6.45, 7) is 0. The monoisotopic (exact) mass is 439 g/mol. The van der Waals surface area contributed by atoms with E-state index in [4.69, 9.17) is 0 Å². The van der Waals surface area contributed by atoms with E-state index in [0.717, 1.165) is 23.6 Å². The van der Waals surface area contributed by atoms with Crippen LogP contribution in [-0.2, 0) is 28.1 Å². The van der Waals surface area contributed by atoms with Crippen molar-refractivity contribution in [3.8, 4) is 0 Å². The molecule has 0 saturated carbocycles. The van der Waals surface area contributed by atoms with E-state index in [-0.39, 0.29) is 16.5 Å². The SMILES string of the molecule is Cn1ccc(Nc2nc([S+](C)[O-])ncc2/C=C/S(=O)(=O)c2ccc(F)cc2F)n1. The Kier molecular flexibility index (Phi) is 5.96. The Morgan fingerprint density at radius 2 is 2.03 bits per heavy atom. The van der Waals surface area contributed by atoms with Crippen LogP contribution in [0.2, 0.25) is 0 Å². The highest BCUT2D eigenvalue weighted by molar-refractivity contribution is 7.94. The first-order chi connectivity index (χ1) is 13.7. The van der Waals surface area contributed by atoms with E-state index in [1.54, 1.807) is 24.0 Å². The van der Waals surface area contributed by atoms with Crippen molar-refractivity contribution in [1.29, 1.82) is 0 Å². The van der Waals surface area contributed by atoms with Gasteiger partial charge < -0.3 is 9.87 Å². The highest BCUT2D eigenvalue weighted by Gasteiger charge is 2.18. The fourth-order valence-corrected chi connectivity index (χ4v) is 3.76. The summed E-state index contributed by atoms with van der Waals surface area (Å²) in [5, 5.41) is 7.83. The molecule has 0 spiro atoms. The van der Waals surface area contributed by atoms with Crippen LogP contribution < -0.4 is 5.32 Å². The highest BCUT2D eigenvalue weighted by atomic mass is 32.2. The van der Waals surface area contributed by atoms with Gasteiger partial charge in [0.1, 0.15) is 28.6 Å². The highest BCUT2D eigenvalue weighted by Crippen LogP contribution is 2.23. The van der Waals surface area contributed by atoms with Gasteiger partial charge in [0.15, 0.2) is 5.82 Å². The van der Waals surface area contributed by atoms with Gasteiger partial charge in [0.2, 0.25) is 9.84 Å². The van der Waals surface area contributed by atoms with Crippen molar-refractivity contribution < 1.29 is 21.8 Å². The summed E-state index contributed by atoms with van der Waals surface area (Å²) in [4.78, 5) is 7.41. The van der Waals surface area contributed by atoms with E-state index >= 15 is 0 Å². The molecule has 0 aliphatic carbocycles. The van der Waals surface area contributed by atoms with Crippen LogP contribution in [0.15, 0.2) is 52.1 Å². The average Bonchev–Trinajstić information content (AvgIpc) is 3.05. The first kappa shape index (κ1) is 20.9. The Hall–Kier alpha value is -2.83. The summed E-state index contributed by atoms with van der Waals surface area (Å²) in [6.07, 6.45) is 5.52. The number of halogens is 2. The van der Waals surface area contributed by atoms with Crippen molar-refractivity contribution in [1.82, 2.24) is 19.7 Å². The molecule has 29 heavy (non-hydrogen) atoms. The summed E-state index contributed by atoms with van der Waals surface area (Å²) < 4.78 is 64.9. The second-order valence-corrected chi connectivity index (χ2v) is 8.91. The standard InChI is InChI=1S/C17H15F2N5O3S2/c1-24-7-5-15(23-24)21-16-11(10-20-17(22-16)28(2)25)6-8-29(26,27)14-4-3-12(18)9-13(14)19/h3-10H,1-2H3,(H,20,21,22,23)/b8-6+. The summed E-state index contributed by atoms with van der Waals surface area (Å²) >= 11 is -1.47. The van der Waals surface area contributed by atoms with E-state index in [1.807, 2.05) is 0 Å². The van der Waals surface area contributed by atoms with Crippen molar-refractivity contribution >= 4 is 38.7 Å². The molecule has 1 atom stereocenters. The van der Waals surface area contributed by atoms with Crippen LogP contribution in [0.25, 0.3) is 6.08 Å². The number of aromatic nitrogens is 4. The zero-order valence-electron chi connectivity index (χ0n) is 15.2. The number of nitrogens with one attached hydrogen (secondary N) is 1. The predicted octanol–water partition coefficient (Wildman–Crippen LogP) is 2.41. The largest absolute Gasteiger partial charge is 0.609 e. The van der Waals surface area contributed by atoms with Gasteiger partial charge in [-0.2, -0.15) is 15.1 Å². The lowest BCUT2D eigenvalue weighted by Crippen LogP contribution is -2.08. The Balaban J connectivity index is 1.98. The second-order valence-electron chi connectivity index (χ2n) is 5.83. The average molecular weight is 439 g/mol. The van der Waals surface area contributed by atoms with Crippen LogP contribution in [0, 0.1) is 11.6 Å². The summed E-state index contributed by atoms with van der Waals surface area (Å²) in [6, 6.07) is 3.84. The molecule has 2 aromatic heterocycles. The molecule has 0 amide bonds. The molecule has 3 aromatic rings. The van der Waals surface area contributed by atoms with Crippen molar-refractivity contribution in [2.45, 2.75) is 10.1 Å². The topological polar surface area (TPSA) is 113 Å². The number of nitrogens with zero attached hydrogens (tertiary/aromatic N) is 4. The molecule has 0 aliphatic heterocycles. The van der Waals surface area contributed by atoms with Crippen LogP contribution in [-0.4, -0.2) is 39.0 Å². The molecule has 3 rings (SSSR count). The number of anilines is 2. The minimum absolute atomic E-state index is 0.0352. The zero-order valence-corrected chi connectivity index (χ0v) is 16.8. The summed E-state index contributed by atoms with van der Waals surface area (Å²) in [7, 11) is -2.49. The molecule has 0 radical (unpaired) electrons. The molecular formula is C17H15F2N5O3S2. The maximum Gasteiger partial charge on any atom is 0.344 e. The number of sulfone groups is 1. The molecular weight excluding hydrogens is 424 g/mol. The van der Waals surface area contributed by atoms with Crippen LogP contribution in [0.1, 0.15) is 5.56 Å². The lowest BCUT2D eigenvalue weighted by atomic mass is 10.3. The molecule has 0 bridgehead atoms. The molecule has 0 saturated heterocycles. The smallest absolute Gasteiger partial charge is 0.344 e. The quantitative estimate of drug-likeness (QED) is 0.356. The van der Waals surface area contributed by atoms with Crippen LogP contribution >= 0.6 is 0 Å². The van der Waals surface area contributed by atoms with Crippen LogP contribution in [0.4, 0.5) is 20.4 Å². The zero-order chi connectivity index (χ0) is 21.2. The lowest BCUT2D eigenvalue weighted by Gasteiger charge is -2.08. The van der Waals surface area contributed by atoms with Gasteiger partial charge in [0.25, 0.3) is 0 Å². The van der Waals surface area contributed by atoms with Crippen molar-refractivity contribution in [3.05, 3.63) is 59.3 Å². The number of rotatable bonds is 6. The Labute approximate surface area is 168 Å². The third kappa shape index (κ3) is 4.96. The van der Waals surface area contributed by atoms with E-state index in [2.05, 4.69) is 20.4 Å². The molecule has 2 heterocycles. The van der Waals surface area contributed by atoms with Crippen molar-refractivity contribution in [2.24, 2.45) is 7.05 Å². The molecule has 1 aromatic carbocycles. The van der Waals surface area contributed by atoms with E-state index in [0.29, 0.717) is 11.9 Å². The maximum atomic E-state index is 13.8. The molecule has 0 fully saturated rings. The minimum Gasteiger partial charge on any atom is -0.609 e. The van der Waals surface area contributed by atoms with Gasteiger partial charge in [-0.15, -0.1) is 0 Å². The van der Waals surface area contributed by atoms with Gasteiger partial charge in [0.05, 0.1) is 0 Å². The number of aryl methyl sites for hydroxylation is 1. The van der Waals surface area contributed by atoms with Crippen LogP contribution in [0.5, 0.6) is 0 Å².